The van der Waals surface area contributed by atoms with Crippen LogP contribution in [0.3, 0.4) is 0 Å². The van der Waals surface area contributed by atoms with Crippen molar-refractivity contribution < 1.29 is 29.9 Å². The number of phenols is 1. The number of hydrogen-bond donors (Lipinski definition) is 4. The van der Waals surface area contributed by atoms with Gasteiger partial charge in [0.05, 0.1) is 6.10 Å². The van der Waals surface area contributed by atoms with E-state index in [0.717, 1.165) is 30.4 Å². The molecule has 6 nitrogen and oxygen atoms in total. The molecule has 0 bridgehead atoms. The monoisotopic (exact) mass is 446 g/mol. The fourth-order valence-corrected chi connectivity index (χ4v) is 6.13. The number of phenolic OH excluding ortho intramolecular Hbond substituents is 1. The summed E-state index contributed by atoms with van der Waals surface area (Å²) in [5, 5.41) is 42.1. The Morgan fingerprint density at radius 2 is 1.66 bits per heavy atom. The maximum absolute atomic E-state index is 11.3. The third-order valence-electron chi connectivity index (χ3n) is 7.83. The Morgan fingerprint density at radius 1 is 0.969 bits per heavy atom. The van der Waals surface area contributed by atoms with E-state index in [4.69, 9.17) is 9.47 Å². The van der Waals surface area contributed by atoms with Gasteiger partial charge in [-0.05, 0) is 81.4 Å². The van der Waals surface area contributed by atoms with E-state index in [1.54, 1.807) is 6.92 Å². The van der Waals surface area contributed by atoms with Crippen molar-refractivity contribution in [3.05, 3.63) is 33.9 Å². The zero-order valence-corrected chi connectivity index (χ0v) is 20.0. The zero-order valence-electron chi connectivity index (χ0n) is 20.0. The second-order valence-electron chi connectivity index (χ2n) is 10.5. The number of ether oxygens (including phenoxy) is 2. The van der Waals surface area contributed by atoms with Gasteiger partial charge in [-0.25, -0.2) is 0 Å². The van der Waals surface area contributed by atoms with Crippen molar-refractivity contribution in [1.29, 1.82) is 0 Å². The fourth-order valence-electron chi connectivity index (χ4n) is 6.13. The molecule has 9 atom stereocenters. The summed E-state index contributed by atoms with van der Waals surface area (Å²) in [6.07, 6.45) is -0.406. The predicted molar refractivity (Wildman–Crippen MR) is 122 cm³/mol. The van der Waals surface area contributed by atoms with Gasteiger partial charge in [0.2, 0.25) is 6.29 Å². The Morgan fingerprint density at radius 3 is 2.31 bits per heavy atom. The van der Waals surface area contributed by atoms with E-state index >= 15 is 0 Å². The molecule has 0 aromatic heterocycles. The second-order valence-corrected chi connectivity index (χ2v) is 10.5. The number of aromatic hydroxyl groups is 1. The normalized spacial score (nSPS) is 38.7. The molecule has 6 heteroatoms. The van der Waals surface area contributed by atoms with Crippen molar-refractivity contribution in [1.82, 2.24) is 0 Å². The van der Waals surface area contributed by atoms with Crippen LogP contribution in [0.15, 0.2) is 11.6 Å². The minimum atomic E-state index is -1.42. The largest absolute Gasteiger partial charge is 0.504 e. The highest BCUT2D eigenvalue weighted by atomic mass is 16.7. The molecule has 2 aliphatic carbocycles. The van der Waals surface area contributed by atoms with Crippen LogP contribution in [-0.2, 0) is 4.74 Å². The molecule has 1 aliphatic heterocycles. The number of rotatable bonds is 3. The number of benzene rings is 1. The highest BCUT2D eigenvalue weighted by molar-refractivity contribution is 5.64. The van der Waals surface area contributed by atoms with Gasteiger partial charge in [0.25, 0.3) is 0 Å². The van der Waals surface area contributed by atoms with Crippen molar-refractivity contribution in [2.45, 2.75) is 109 Å². The number of aliphatic hydroxyl groups excluding tert-OH is 3. The summed E-state index contributed by atoms with van der Waals surface area (Å²) in [7, 11) is 0. The molecule has 1 aromatic carbocycles. The maximum Gasteiger partial charge on any atom is 0.229 e. The van der Waals surface area contributed by atoms with Crippen LogP contribution < -0.4 is 4.74 Å². The van der Waals surface area contributed by atoms with Crippen molar-refractivity contribution in [2.24, 2.45) is 5.92 Å². The maximum atomic E-state index is 11.3. The van der Waals surface area contributed by atoms with Crippen molar-refractivity contribution in [2.75, 3.05) is 0 Å². The first-order valence-electron chi connectivity index (χ1n) is 11.9. The van der Waals surface area contributed by atoms with E-state index in [1.807, 2.05) is 6.92 Å². The quantitative estimate of drug-likeness (QED) is 0.524. The van der Waals surface area contributed by atoms with Gasteiger partial charge in [-0.15, -0.1) is 0 Å². The lowest BCUT2D eigenvalue weighted by Crippen LogP contribution is -2.58. The minimum Gasteiger partial charge on any atom is -0.504 e. The summed E-state index contributed by atoms with van der Waals surface area (Å²) in [4.78, 5) is 0. The fraction of sp³-hybridized carbons (Fsp3) is 0.692. The summed E-state index contributed by atoms with van der Waals surface area (Å²) in [5.41, 5.74) is 5.58. The highest BCUT2D eigenvalue weighted by Crippen LogP contribution is 2.58. The molecular weight excluding hydrogens is 408 g/mol. The van der Waals surface area contributed by atoms with Crippen molar-refractivity contribution in [3.63, 3.8) is 0 Å². The number of allylic oxidation sites excluding steroid dienone is 2. The highest BCUT2D eigenvalue weighted by Gasteiger charge is 2.46. The second kappa shape index (κ2) is 8.64. The topological polar surface area (TPSA) is 99.4 Å². The van der Waals surface area contributed by atoms with Gasteiger partial charge in [-0.1, -0.05) is 25.5 Å². The minimum absolute atomic E-state index is 0.0806. The number of aliphatic hydroxyl groups is 3. The smallest absolute Gasteiger partial charge is 0.229 e. The van der Waals surface area contributed by atoms with Crippen LogP contribution in [0.1, 0.15) is 93.9 Å². The van der Waals surface area contributed by atoms with E-state index in [-0.39, 0.29) is 17.6 Å². The molecular formula is C26H38O6. The SMILES string of the molecule is CC(C)=C[C@@H]1C[C@@H](C)[C@H]2CC[C@@H](C)c3c(O[C@@H]4O[C@@H](C)[C@@H](O)[C@@H](O)[C@@H]4O)c(O)c(C)c1c32. The van der Waals surface area contributed by atoms with Crippen LogP contribution in [0.25, 0.3) is 0 Å². The summed E-state index contributed by atoms with van der Waals surface area (Å²) in [6.45, 7) is 12.3. The summed E-state index contributed by atoms with van der Waals surface area (Å²) >= 11 is 0. The molecule has 0 spiro atoms. The molecule has 178 valence electrons. The zero-order chi connectivity index (χ0) is 23.5. The van der Waals surface area contributed by atoms with Gasteiger partial charge in [-0.3, -0.25) is 0 Å². The Labute approximate surface area is 190 Å². The van der Waals surface area contributed by atoms with E-state index in [9.17, 15) is 20.4 Å². The molecule has 3 aliphatic rings. The van der Waals surface area contributed by atoms with Crippen LogP contribution >= 0.6 is 0 Å². The standard InChI is InChI=1S/C26H38O6/c1-11(2)9-16-10-13(4)17-8-7-12(3)18-20(17)19(16)14(5)21(27)25(18)32-26-24(30)23(29)22(28)15(6)31-26/h9,12-13,15-17,22-24,26-30H,7-8,10H2,1-6H3/t12-,13-,15+,16-,17-,22-,23-,24+,26+/m1/s1. The first-order chi connectivity index (χ1) is 15.0. The predicted octanol–water partition coefficient (Wildman–Crippen LogP) is 3.98. The summed E-state index contributed by atoms with van der Waals surface area (Å²) in [5.74, 6) is 1.79. The molecule has 0 radical (unpaired) electrons. The van der Waals surface area contributed by atoms with Gasteiger partial charge in [0.1, 0.15) is 18.3 Å². The molecule has 32 heavy (non-hydrogen) atoms. The summed E-state index contributed by atoms with van der Waals surface area (Å²) < 4.78 is 11.8. The lowest BCUT2D eigenvalue weighted by atomic mass is 9.62. The van der Waals surface area contributed by atoms with Crippen LogP contribution in [0.2, 0.25) is 0 Å². The third-order valence-corrected chi connectivity index (χ3v) is 7.83. The number of hydrogen-bond acceptors (Lipinski definition) is 6. The molecule has 4 N–H and O–H groups in total. The Bertz CT molecular complexity index is 904. The Kier molecular flexibility index (Phi) is 6.36. The van der Waals surface area contributed by atoms with E-state index in [2.05, 4.69) is 33.8 Å². The molecule has 1 aromatic rings. The van der Waals surface area contributed by atoms with Crippen molar-refractivity contribution >= 4 is 0 Å². The average Bonchev–Trinajstić information content (AvgIpc) is 2.72. The van der Waals surface area contributed by atoms with Crippen LogP contribution in [0.5, 0.6) is 11.5 Å². The van der Waals surface area contributed by atoms with E-state index in [1.165, 1.54) is 16.7 Å². The van der Waals surface area contributed by atoms with Gasteiger partial charge < -0.3 is 29.9 Å². The Balaban J connectivity index is 1.86. The van der Waals surface area contributed by atoms with E-state index < -0.39 is 30.7 Å². The molecule has 1 fully saturated rings. The molecule has 0 amide bonds. The van der Waals surface area contributed by atoms with Gasteiger partial charge in [-0.2, -0.15) is 0 Å². The van der Waals surface area contributed by atoms with Gasteiger partial charge >= 0.3 is 0 Å². The summed E-state index contributed by atoms with van der Waals surface area (Å²) in [6, 6.07) is 0. The first kappa shape index (κ1) is 23.6. The molecule has 1 heterocycles. The molecule has 4 rings (SSSR count). The molecule has 0 saturated carbocycles. The van der Waals surface area contributed by atoms with Gasteiger partial charge in [0.15, 0.2) is 11.5 Å². The van der Waals surface area contributed by atoms with Crippen LogP contribution in [-0.4, -0.2) is 51.1 Å². The van der Waals surface area contributed by atoms with Crippen LogP contribution in [0.4, 0.5) is 0 Å². The van der Waals surface area contributed by atoms with Gasteiger partial charge in [0, 0.05) is 11.5 Å². The first-order valence-corrected chi connectivity index (χ1v) is 11.9. The third kappa shape index (κ3) is 3.75. The van der Waals surface area contributed by atoms with Crippen LogP contribution in [0, 0.1) is 12.8 Å². The lowest BCUT2D eigenvalue weighted by molar-refractivity contribution is -0.268. The molecule has 0 unspecified atom stereocenters. The lowest BCUT2D eigenvalue weighted by Gasteiger charge is -2.44. The van der Waals surface area contributed by atoms with E-state index in [0.29, 0.717) is 17.6 Å². The Hall–Kier alpha value is -1.60. The average molecular weight is 447 g/mol. The molecule has 1 saturated heterocycles. The van der Waals surface area contributed by atoms with Crippen molar-refractivity contribution in [3.8, 4) is 11.5 Å².